The zero-order valence-corrected chi connectivity index (χ0v) is 12.1. The summed E-state index contributed by atoms with van der Waals surface area (Å²) in [6.07, 6.45) is 0. The zero-order chi connectivity index (χ0) is 14.2. The number of ether oxygens (including phenoxy) is 2. The summed E-state index contributed by atoms with van der Waals surface area (Å²) in [4.78, 5) is 0. The van der Waals surface area contributed by atoms with Crippen LogP contribution >= 0.6 is 0 Å². The quantitative estimate of drug-likeness (QED) is 0.859. The molecule has 0 amide bonds. The number of nitrogens with two attached hydrogens (primary N) is 1. The molecule has 1 aromatic carbocycles. The van der Waals surface area contributed by atoms with Gasteiger partial charge in [-0.15, -0.1) is 0 Å². The van der Waals surface area contributed by atoms with Gasteiger partial charge in [0.1, 0.15) is 5.75 Å². The van der Waals surface area contributed by atoms with E-state index in [-0.39, 0.29) is 18.1 Å². The van der Waals surface area contributed by atoms with Gasteiger partial charge < -0.3 is 20.3 Å². The van der Waals surface area contributed by atoms with E-state index in [2.05, 4.69) is 19.9 Å². The van der Waals surface area contributed by atoms with E-state index in [1.807, 2.05) is 6.92 Å². The van der Waals surface area contributed by atoms with Crippen LogP contribution in [0.15, 0.2) is 6.07 Å². The molecular formula is C15H23NO3. The molecule has 19 heavy (non-hydrogen) atoms. The fourth-order valence-corrected chi connectivity index (χ4v) is 2.96. The predicted molar refractivity (Wildman–Crippen MR) is 74.8 cm³/mol. The molecule has 0 radical (unpaired) electrons. The summed E-state index contributed by atoms with van der Waals surface area (Å²) in [6.45, 7) is 7.28. The van der Waals surface area contributed by atoms with Crippen molar-refractivity contribution in [1.29, 1.82) is 0 Å². The molecule has 1 aliphatic rings. The van der Waals surface area contributed by atoms with Crippen LogP contribution < -0.4 is 10.5 Å². The van der Waals surface area contributed by atoms with Gasteiger partial charge in [-0.1, -0.05) is 6.07 Å². The molecule has 1 heterocycles. The SMILES string of the molecule is COc1c(C)cc(C2(C(N)CO)COC2)c(C)c1C. The van der Waals surface area contributed by atoms with Gasteiger partial charge in [-0.3, -0.25) is 0 Å². The summed E-state index contributed by atoms with van der Waals surface area (Å²) < 4.78 is 10.8. The maximum Gasteiger partial charge on any atom is 0.124 e. The van der Waals surface area contributed by atoms with E-state index in [0.29, 0.717) is 13.2 Å². The van der Waals surface area contributed by atoms with Crippen LogP contribution in [-0.2, 0) is 10.2 Å². The smallest absolute Gasteiger partial charge is 0.124 e. The van der Waals surface area contributed by atoms with E-state index < -0.39 is 0 Å². The van der Waals surface area contributed by atoms with Crippen LogP contribution in [0.4, 0.5) is 0 Å². The first kappa shape index (κ1) is 14.3. The Morgan fingerprint density at radius 1 is 1.37 bits per heavy atom. The van der Waals surface area contributed by atoms with Gasteiger partial charge in [0.2, 0.25) is 0 Å². The van der Waals surface area contributed by atoms with E-state index in [1.165, 1.54) is 11.1 Å². The lowest BCUT2D eigenvalue weighted by Crippen LogP contribution is -2.60. The molecule has 106 valence electrons. The van der Waals surface area contributed by atoms with Crippen molar-refractivity contribution in [2.24, 2.45) is 5.73 Å². The van der Waals surface area contributed by atoms with Gasteiger partial charge in [0, 0.05) is 6.04 Å². The van der Waals surface area contributed by atoms with Gasteiger partial charge in [-0.25, -0.2) is 0 Å². The molecule has 0 aliphatic carbocycles. The summed E-state index contributed by atoms with van der Waals surface area (Å²) in [5, 5.41) is 9.42. The van der Waals surface area contributed by atoms with Crippen molar-refractivity contribution in [3.05, 3.63) is 28.3 Å². The molecule has 1 aromatic rings. The molecule has 4 heteroatoms. The maximum atomic E-state index is 9.42. The molecular weight excluding hydrogens is 242 g/mol. The highest BCUT2D eigenvalue weighted by molar-refractivity contribution is 5.52. The number of hydrogen-bond donors (Lipinski definition) is 2. The third kappa shape index (κ3) is 2.04. The molecule has 0 bridgehead atoms. The van der Waals surface area contributed by atoms with Gasteiger partial charge >= 0.3 is 0 Å². The Labute approximate surface area is 114 Å². The van der Waals surface area contributed by atoms with Crippen LogP contribution in [0, 0.1) is 20.8 Å². The molecule has 1 atom stereocenters. The Morgan fingerprint density at radius 3 is 2.42 bits per heavy atom. The van der Waals surface area contributed by atoms with Gasteiger partial charge in [-0.05, 0) is 43.0 Å². The van der Waals surface area contributed by atoms with Crippen molar-refractivity contribution in [3.63, 3.8) is 0 Å². The first-order chi connectivity index (χ1) is 8.97. The Balaban J connectivity index is 2.56. The lowest BCUT2D eigenvalue weighted by atomic mass is 9.70. The van der Waals surface area contributed by atoms with E-state index in [9.17, 15) is 5.11 Å². The number of rotatable bonds is 4. The largest absolute Gasteiger partial charge is 0.496 e. The fourth-order valence-electron chi connectivity index (χ4n) is 2.96. The van der Waals surface area contributed by atoms with E-state index in [0.717, 1.165) is 16.9 Å². The number of aliphatic hydroxyl groups is 1. The van der Waals surface area contributed by atoms with E-state index in [1.54, 1.807) is 7.11 Å². The molecule has 0 aromatic heterocycles. The monoisotopic (exact) mass is 265 g/mol. The van der Waals surface area contributed by atoms with E-state index in [4.69, 9.17) is 15.2 Å². The standard InChI is InChI=1S/C15H23NO3/c1-9-5-12(10(2)11(3)14(9)18-4)15(7-19-8-15)13(16)6-17/h5,13,17H,6-8,16H2,1-4H3. The third-order valence-corrected chi connectivity index (χ3v) is 4.39. The predicted octanol–water partition coefficient (Wildman–Crippen LogP) is 1.21. The van der Waals surface area contributed by atoms with Crippen molar-refractivity contribution in [1.82, 2.24) is 0 Å². The Hall–Kier alpha value is -1.10. The molecule has 1 aliphatic heterocycles. The first-order valence-electron chi connectivity index (χ1n) is 6.57. The molecule has 1 saturated heterocycles. The van der Waals surface area contributed by atoms with Crippen molar-refractivity contribution in [2.75, 3.05) is 26.9 Å². The number of aliphatic hydroxyl groups excluding tert-OH is 1. The minimum Gasteiger partial charge on any atom is -0.496 e. The fraction of sp³-hybridized carbons (Fsp3) is 0.600. The number of hydrogen-bond acceptors (Lipinski definition) is 4. The Morgan fingerprint density at radius 2 is 2.00 bits per heavy atom. The van der Waals surface area contributed by atoms with Crippen molar-refractivity contribution in [2.45, 2.75) is 32.2 Å². The molecule has 2 rings (SSSR count). The highest BCUT2D eigenvalue weighted by atomic mass is 16.5. The third-order valence-electron chi connectivity index (χ3n) is 4.39. The average Bonchev–Trinajstić information content (AvgIpc) is 2.34. The zero-order valence-electron chi connectivity index (χ0n) is 12.1. The average molecular weight is 265 g/mol. The summed E-state index contributed by atoms with van der Waals surface area (Å²) >= 11 is 0. The molecule has 3 N–H and O–H groups in total. The highest BCUT2D eigenvalue weighted by Gasteiger charge is 2.46. The van der Waals surface area contributed by atoms with Gasteiger partial charge in [0.05, 0.1) is 32.3 Å². The lowest BCUT2D eigenvalue weighted by Gasteiger charge is -2.46. The van der Waals surface area contributed by atoms with Crippen LogP contribution in [0.3, 0.4) is 0 Å². The molecule has 0 saturated carbocycles. The summed E-state index contributed by atoms with van der Waals surface area (Å²) in [5.74, 6) is 0.925. The normalized spacial score (nSPS) is 18.8. The molecule has 4 nitrogen and oxygen atoms in total. The number of aryl methyl sites for hydroxylation is 1. The van der Waals surface area contributed by atoms with Crippen molar-refractivity contribution < 1.29 is 14.6 Å². The molecule has 1 unspecified atom stereocenters. The van der Waals surface area contributed by atoms with Crippen LogP contribution in [-0.4, -0.2) is 38.1 Å². The second kappa shape index (κ2) is 5.12. The summed E-state index contributed by atoms with van der Waals surface area (Å²) in [6, 6.07) is 1.83. The molecule has 1 fully saturated rings. The van der Waals surface area contributed by atoms with Crippen LogP contribution in [0.1, 0.15) is 22.3 Å². The first-order valence-corrected chi connectivity index (χ1v) is 6.57. The number of methoxy groups -OCH3 is 1. The second-order valence-corrected chi connectivity index (χ2v) is 5.46. The van der Waals surface area contributed by atoms with Gasteiger partial charge in [0.25, 0.3) is 0 Å². The van der Waals surface area contributed by atoms with Crippen molar-refractivity contribution in [3.8, 4) is 5.75 Å². The van der Waals surface area contributed by atoms with Gasteiger partial charge in [-0.2, -0.15) is 0 Å². The van der Waals surface area contributed by atoms with Crippen LogP contribution in [0.2, 0.25) is 0 Å². The topological polar surface area (TPSA) is 64.7 Å². The van der Waals surface area contributed by atoms with Crippen LogP contribution in [0.5, 0.6) is 5.75 Å². The molecule has 0 spiro atoms. The summed E-state index contributed by atoms with van der Waals surface area (Å²) in [7, 11) is 1.69. The van der Waals surface area contributed by atoms with E-state index >= 15 is 0 Å². The van der Waals surface area contributed by atoms with Gasteiger partial charge in [0.15, 0.2) is 0 Å². The minimum absolute atomic E-state index is 0.0348. The Kier molecular flexibility index (Phi) is 3.85. The number of benzene rings is 1. The maximum absolute atomic E-state index is 9.42. The lowest BCUT2D eigenvalue weighted by molar-refractivity contribution is -0.0801. The van der Waals surface area contributed by atoms with Crippen LogP contribution in [0.25, 0.3) is 0 Å². The summed E-state index contributed by atoms with van der Waals surface area (Å²) in [5.41, 5.74) is 10.4. The van der Waals surface area contributed by atoms with Crippen molar-refractivity contribution >= 4 is 0 Å². The Bertz CT molecular complexity index is 481. The highest BCUT2D eigenvalue weighted by Crippen LogP contribution is 2.40. The second-order valence-electron chi connectivity index (χ2n) is 5.46. The minimum atomic E-state index is -0.299.